The second-order valence-corrected chi connectivity index (χ2v) is 4.00. The quantitative estimate of drug-likeness (QED) is 0.729. The van der Waals surface area contributed by atoms with E-state index in [1.165, 1.54) is 18.2 Å². The summed E-state index contributed by atoms with van der Waals surface area (Å²) in [4.78, 5) is 13.3. The summed E-state index contributed by atoms with van der Waals surface area (Å²) in [6, 6.07) is 4.09. The van der Waals surface area contributed by atoms with Crippen molar-refractivity contribution in [3.63, 3.8) is 0 Å². The lowest BCUT2D eigenvalue weighted by Crippen LogP contribution is -2.38. The van der Waals surface area contributed by atoms with Gasteiger partial charge in [0.1, 0.15) is 0 Å². The van der Waals surface area contributed by atoms with Crippen molar-refractivity contribution in [2.45, 2.75) is 13.8 Å². The maximum Gasteiger partial charge on any atom is 0.414 e. The van der Waals surface area contributed by atoms with E-state index in [2.05, 4.69) is 18.3 Å². The number of amides is 1. The van der Waals surface area contributed by atoms with E-state index < -0.39 is 0 Å². The minimum Gasteiger partial charge on any atom is -0.452 e. The number of hydrogen-bond donors (Lipinski definition) is 1. The molecule has 0 saturated heterocycles. The van der Waals surface area contributed by atoms with Gasteiger partial charge >= 0.3 is 6.09 Å². The zero-order chi connectivity index (χ0) is 11.7. The third-order valence-corrected chi connectivity index (χ3v) is 2.95. The Morgan fingerprint density at radius 1 is 1.38 bits per heavy atom. The first-order valence-electron chi connectivity index (χ1n) is 5.34. The van der Waals surface area contributed by atoms with Gasteiger partial charge in [0.05, 0.1) is 18.5 Å². The molecule has 1 amide bonds. The lowest BCUT2D eigenvalue weighted by molar-refractivity contribution is 0.178. The summed E-state index contributed by atoms with van der Waals surface area (Å²) < 4.78 is 4.78. The minimum absolute atomic E-state index is 0.300. The van der Waals surface area contributed by atoms with Crippen LogP contribution in [0.4, 0.5) is 16.2 Å². The molecule has 1 N–H and O–H groups in total. The highest BCUT2D eigenvalue weighted by Gasteiger charge is 2.23. The first-order valence-corrected chi connectivity index (χ1v) is 5.34. The molecular weight excluding hydrogens is 204 g/mol. The summed E-state index contributed by atoms with van der Waals surface area (Å²) in [6.07, 6.45) is -0.300. The molecule has 16 heavy (non-hydrogen) atoms. The van der Waals surface area contributed by atoms with Gasteiger partial charge in [-0.05, 0) is 37.1 Å². The van der Waals surface area contributed by atoms with Crippen LogP contribution in [0.3, 0.4) is 0 Å². The number of methoxy groups -OCH3 is 1. The summed E-state index contributed by atoms with van der Waals surface area (Å²) >= 11 is 0. The number of nitrogens with one attached hydrogen (secondary N) is 1. The Labute approximate surface area is 95.2 Å². The van der Waals surface area contributed by atoms with Crippen molar-refractivity contribution in [3.05, 3.63) is 23.3 Å². The Kier molecular flexibility index (Phi) is 2.73. The normalized spacial score (nSPS) is 14.1. The van der Waals surface area contributed by atoms with E-state index >= 15 is 0 Å². The van der Waals surface area contributed by atoms with E-state index in [4.69, 9.17) is 4.74 Å². The largest absolute Gasteiger partial charge is 0.452 e. The Morgan fingerprint density at radius 2 is 2.06 bits per heavy atom. The van der Waals surface area contributed by atoms with Gasteiger partial charge in [-0.15, -0.1) is 0 Å². The van der Waals surface area contributed by atoms with Gasteiger partial charge in [-0.1, -0.05) is 0 Å². The highest BCUT2D eigenvalue weighted by Crippen LogP contribution is 2.32. The molecule has 1 aromatic carbocycles. The van der Waals surface area contributed by atoms with Gasteiger partial charge in [0.25, 0.3) is 0 Å². The minimum atomic E-state index is -0.300. The number of anilines is 2. The number of hydrogen-bond acceptors (Lipinski definition) is 3. The molecule has 0 aliphatic carbocycles. The number of nitrogens with zero attached hydrogens (tertiary/aromatic N) is 1. The summed E-state index contributed by atoms with van der Waals surface area (Å²) in [5, 5.41) is 3.29. The van der Waals surface area contributed by atoms with E-state index in [9.17, 15) is 4.79 Å². The zero-order valence-electron chi connectivity index (χ0n) is 9.83. The van der Waals surface area contributed by atoms with Crippen LogP contribution in [0.5, 0.6) is 0 Å². The van der Waals surface area contributed by atoms with Gasteiger partial charge in [-0.2, -0.15) is 0 Å². The molecule has 1 aliphatic heterocycles. The molecule has 0 atom stereocenters. The number of benzene rings is 1. The fraction of sp³-hybridized carbons (Fsp3) is 0.417. The molecule has 1 aliphatic rings. The summed E-state index contributed by atoms with van der Waals surface area (Å²) in [6.45, 7) is 5.50. The van der Waals surface area contributed by atoms with Crippen molar-refractivity contribution in [1.29, 1.82) is 0 Å². The molecule has 4 heteroatoms. The smallest absolute Gasteiger partial charge is 0.414 e. The van der Waals surface area contributed by atoms with Crippen LogP contribution in [0.25, 0.3) is 0 Å². The zero-order valence-corrected chi connectivity index (χ0v) is 9.83. The number of fused-ring (bicyclic) bond motifs is 1. The van der Waals surface area contributed by atoms with Crippen LogP contribution >= 0.6 is 0 Å². The first kappa shape index (κ1) is 10.8. The Morgan fingerprint density at radius 3 is 2.75 bits per heavy atom. The first-order chi connectivity index (χ1) is 7.63. The highest BCUT2D eigenvalue weighted by atomic mass is 16.5. The van der Waals surface area contributed by atoms with E-state index in [1.54, 1.807) is 4.90 Å². The lowest BCUT2D eigenvalue weighted by atomic mass is 10.1. The summed E-state index contributed by atoms with van der Waals surface area (Å²) in [5.74, 6) is 0. The van der Waals surface area contributed by atoms with Crippen molar-refractivity contribution in [2.24, 2.45) is 0 Å². The van der Waals surface area contributed by atoms with Crippen molar-refractivity contribution in [3.8, 4) is 0 Å². The molecule has 0 radical (unpaired) electrons. The molecule has 0 bridgehead atoms. The highest BCUT2D eigenvalue weighted by molar-refractivity contribution is 5.93. The molecule has 0 aromatic heterocycles. The van der Waals surface area contributed by atoms with Crippen LogP contribution in [0.15, 0.2) is 12.1 Å². The third kappa shape index (κ3) is 1.71. The van der Waals surface area contributed by atoms with E-state index in [0.29, 0.717) is 6.54 Å². The molecule has 86 valence electrons. The van der Waals surface area contributed by atoms with Crippen LogP contribution in [0.1, 0.15) is 11.1 Å². The molecule has 2 rings (SSSR count). The van der Waals surface area contributed by atoms with E-state index in [-0.39, 0.29) is 6.09 Å². The standard InChI is InChI=1S/C12H16N2O2/c1-8-6-10-11(7-9(8)2)14(5-4-13-10)12(15)16-3/h6-7,13H,4-5H2,1-3H3. The lowest BCUT2D eigenvalue weighted by Gasteiger charge is -2.30. The van der Waals surface area contributed by atoms with Gasteiger partial charge in [0.2, 0.25) is 0 Å². The molecule has 0 saturated carbocycles. The maximum atomic E-state index is 11.6. The van der Waals surface area contributed by atoms with Crippen LogP contribution in [0.2, 0.25) is 0 Å². The number of aryl methyl sites for hydroxylation is 2. The Bertz CT molecular complexity index is 429. The van der Waals surface area contributed by atoms with Crippen molar-refractivity contribution >= 4 is 17.5 Å². The van der Waals surface area contributed by atoms with Crippen LogP contribution in [-0.4, -0.2) is 26.3 Å². The Balaban J connectivity index is 2.45. The van der Waals surface area contributed by atoms with Gasteiger partial charge in [0.15, 0.2) is 0 Å². The van der Waals surface area contributed by atoms with Crippen LogP contribution < -0.4 is 10.2 Å². The predicted octanol–water partition coefficient (Wildman–Crippen LogP) is 2.30. The summed E-state index contributed by atoms with van der Waals surface area (Å²) in [7, 11) is 1.41. The number of carbonyl (C=O) groups excluding carboxylic acids is 1. The topological polar surface area (TPSA) is 41.6 Å². The fourth-order valence-electron chi connectivity index (χ4n) is 1.89. The number of carbonyl (C=O) groups is 1. The van der Waals surface area contributed by atoms with Gasteiger partial charge in [0, 0.05) is 13.1 Å². The van der Waals surface area contributed by atoms with Crippen molar-refractivity contribution in [1.82, 2.24) is 0 Å². The second kappa shape index (κ2) is 4.04. The van der Waals surface area contributed by atoms with Crippen LogP contribution in [0, 0.1) is 13.8 Å². The maximum absolute atomic E-state index is 11.6. The Hall–Kier alpha value is -1.71. The average molecular weight is 220 g/mol. The number of ether oxygens (including phenoxy) is 1. The number of rotatable bonds is 0. The van der Waals surface area contributed by atoms with Gasteiger partial charge in [-0.3, -0.25) is 4.90 Å². The third-order valence-electron chi connectivity index (χ3n) is 2.95. The van der Waals surface area contributed by atoms with E-state index in [1.807, 2.05) is 13.0 Å². The molecule has 1 aromatic rings. The molecule has 0 spiro atoms. The molecule has 1 heterocycles. The van der Waals surface area contributed by atoms with E-state index in [0.717, 1.165) is 17.9 Å². The predicted molar refractivity (Wildman–Crippen MR) is 64.2 cm³/mol. The van der Waals surface area contributed by atoms with Gasteiger partial charge in [-0.25, -0.2) is 4.79 Å². The van der Waals surface area contributed by atoms with Crippen molar-refractivity contribution < 1.29 is 9.53 Å². The van der Waals surface area contributed by atoms with Gasteiger partial charge < -0.3 is 10.1 Å². The SMILES string of the molecule is COC(=O)N1CCNc2cc(C)c(C)cc21. The second-order valence-electron chi connectivity index (χ2n) is 4.00. The average Bonchev–Trinajstić information content (AvgIpc) is 2.29. The molecule has 0 fully saturated rings. The monoisotopic (exact) mass is 220 g/mol. The molecule has 4 nitrogen and oxygen atoms in total. The molecule has 0 unspecified atom stereocenters. The summed E-state index contributed by atoms with van der Waals surface area (Å²) in [5.41, 5.74) is 4.30. The van der Waals surface area contributed by atoms with Crippen molar-refractivity contribution in [2.75, 3.05) is 30.4 Å². The fourth-order valence-corrected chi connectivity index (χ4v) is 1.89. The molecular formula is C12H16N2O2. The van der Waals surface area contributed by atoms with Crippen LogP contribution in [-0.2, 0) is 4.74 Å².